The van der Waals surface area contributed by atoms with Crippen LogP contribution in [0, 0.1) is 5.92 Å². The molecule has 3 heteroatoms. The molecule has 0 aromatic heterocycles. The van der Waals surface area contributed by atoms with Crippen molar-refractivity contribution in [3.05, 3.63) is 0 Å². The van der Waals surface area contributed by atoms with E-state index in [1.165, 1.54) is 6.42 Å². The predicted octanol–water partition coefficient (Wildman–Crippen LogP) is 2.04. The van der Waals surface area contributed by atoms with E-state index in [1.54, 1.807) is 0 Å². The Labute approximate surface area is 90.6 Å². The Morgan fingerprint density at radius 3 is 2.73 bits per heavy atom. The van der Waals surface area contributed by atoms with Gasteiger partial charge in [0.15, 0.2) is 0 Å². The molecule has 15 heavy (non-hydrogen) atoms. The number of hydrogen-bond donors (Lipinski definition) is 1. The van der Waals surface area contributed by atoms with Crippen molar-refractivity contribution < 1.29 is 9.13 Å². The third-order valence-corrected chi connectivity index (χ3v) is 4.63. The molecule has 2 heterocycles. The van der Waals surface area contributed by atoms with Gasteiger partial charge in [-0.3, -0.25) is 0 Å². The number of ether oxygens (including phenoxy) is 1. The van der Waals surface area contributed by atoms with Crippen molar-refractivity contribution in [3.8, 4) is 0 Å². The molecule has 3 aliphatic rings. The standard InChI is InChI=1S/C12H20FNO/c13-12(5-6-14-9-12)10-2-7-15-11(8-10)3-1-4-11/h10,14H,1-9H2. The molecule has 1 N–H and O–H groups in total. The Balaban J connectivity index is 1.70. The van der Waals surface area contributed by atoms with Crippen molar-refractivity contribution in [3.63, 3.8) is 0 Å². The molecule has 2 saturated heterocycles. The second kappa shape index (κ2) is 3.42. The van der Waals surface area contributed by atoms with Crippen LogP contribution in [0.15, 0.2) is 0 Å². The van der Waals surface area contributed by atoms with Crippen LogP contribution >= 0.6 is 0 Å². The fourth-order valence-corrected chi connectivity index (χ4v) is 3.42. The highest BCUT2D eigenvalue weighted by Crippen LogP contribution is 2.48. The molecule has 1 spiro atoms. The number of nitrogens with one attached hydrogen (secondary N) is 1. The molecule has 2 aliphatic heterocycles. The van der Waals surface area contributed by atoms with E-state index in [-0.39, 0.29) is 11.5 Å². The molecule has 0 aromatic rings. The minimum atomic E-state index is -0.938. The Bertz CT molecular complexity index is 246. The molecule has 3 rings (SSSR count). The summed E-state index contributed by atoms with van der Waals surface area (Å²) in [4.78, 5) is 0. The Morgan fingerprint density at radius 1 is 1.27 bits per heavy atom. The summed E-state index contributed by atoms with van der Waals surface area (Å²) in [7, 11) is 0. The number of rotatable bonds is 1. The highest BCUT2D eigenvalue weighted by Gasteiger charge is 2.50. The van der Waals surface area contributed by atoms with Crippen LogP contribution in [-0.2, 0) is 4.74 Å². The zero-order valence-electron chi connectivity index (χ0n) is 9.23. The van der Waals surface area contributed by atoms with Gasteiger partial charge < -0.3 is 10.1 Å². The first-order valence-electron chi connectivity index (χ1n) is 6.26. The quantitative estimate of drug-likeness (QED) is 0.719. The summed E-state index contributed by atoms with van der Waals surface area (Å²) in [6.07, 6.45) is 6.17. The van der Waals surface area contributed by atoms with Gasteiger partial charge in [-0.1, -0.05) is 0 Å². The molecular formula is C12H20FNO. The fraction of sp³-hybridized carbons (Fsp3) is 1.00. The summed E-state index contributed by atoms with van der Waals surface area (Å²) in [6, 6.07) is 0. The summed E-state index contributed by atoms with van der Waals surface area (Å²) in [5, 5.41) is 3.16. The van der Waals surface area contributed by atoms with Gasteiger partial charge in [-0.05, 0) is 51.0 Å². The molecule has 2 nitrogen and oxygen atoms in total. The van der Waals surface area contributed by atoms with Crippen LogP contribution in [0.1, 0.15) is 38.5 Å². The van der Waals surface area contributed by atoms with Crippen LogP contribution in [-0.4, -0.2) is 31.0 Å². The lowest BCUT2D eigenvalue weighted by atomic mass is 9.68. The summed E-state index contributed by atoms with van der Waals surface area (Å²) in [6.45, 7) is 2.19. The molecule has 86 valence electrons. The van der Waals surface area contributed by atoms with Crippen molar-refractivity contribution in [1.29, 1.82) is 0 Å². The van der Waals surface area contributed by atoms with Crippen LogP contribution in [0.25, 0.3) is 0 Å². The normalized spacial score (nSPS) is 44.2. The van der Waals surface area contributed by atoms with Gasteiger partial charge in [-0.25, -0.2) is 4.39 Å². The third kappa shape index (κ3) is 1.60. The number of hydrogen-bond acceptors (Lipinski definition) is 2. The van der Waals surface area contributed by atoms with E-state index in [0.29, 0.717) is 13.0 Å². The highest BCUT2D eigenvalue weighted by atomic mass is 19.1. The Hall–Kier alpha value is -0.150. The summed E-state index contributed by atoms with van der Waals surface area (Å²) in [5.74, 6) is 0.238. The van der Waals surface area contributed by atoms with Gasteiger partial charge >= 0.3 is 0 Å². The first-order valence-corrected chi connectivity index (χ1v) is 6.26. The van der Waals surface area contributed by atoms with Gasteiger partial charge in [-0.15, -0.1) is 0 Å². The topological polar surface area (TPSA) is 21.3 Å². The monoisotopic (exact) mass is 213 g/mol. The first kappa shape index (κ1) is 10.0. The lowest BCUT2D eigenvalue weighted by Crippen LogP contribution is -2.50. The van der Waals surface area contributed by atoms with Gasteiger partial charge in [0.25, 0.3) is 0 Å². The van der Waals surface area contributed by atoms with Crippen LogP contribution < -0.4 is 5.32 Å². The minimum absolute atomic E-state index is 0.0879. The zero-order valence-corrected chi connectivity index (χ0v) is 9.23. The van der Waals surface area contributed by atoms with Crippen molar-refractivity contribution in [1.82, 2.24) is 5.32 Å². The van der Waals surface area contributed by atoms with E-state index in [2.05, 4.69) is 5.32 Å². The van der Waals surface area contributed by atoms with Crippen LogP contribution in [0.2, 0.25) is 0 Å². The summed E-state index contributed by atoms with van der Waals surface area (Å²) < 4.78 is 20.4. The van der Waals surface area contributed by atoms with Gasteiger partial charge in [-0.2, -0.15) is 0 Å². The lowest BCUT2D eigenvalue weighted by molar-refractivity contribution is -0.161. The number of halogens is 1. The Morgan fingerprint density at radius 2 is 2.13 bits per heavy atom. The average Bonchev–Trinajstić information content (AvgIpc) is 2.65. The molecule has 0 amide bonds. The Kier molecular flexibility index (Phi) is 2.29. The minimum Gasteiger partial charge on any atom is -0.375 e. The fourth-order valence-electron chi connectivity index (χ4n) is 3.42. The lowest BCUT2D eigenvalue weighted by Gasteiger charge is -2.49. The zero-order chi connectivity index (χ0) is 10.4. The van der Waals surface area contributed by atoms with E-state index >= 15 is 0 Å². The van der Waals surface area contributed by atoms with E-state index in [1.807, 2.05) is 0 Å². The van der Waals surface area contributed by atoms with E-state index in [4.69, 9.17) is 4.74 Å². The number of alkyl halides is 1. The average molecular weight is 213 g/mol. The molecule has 1 saturated carbocycles. The van der Waals surface area contributed by atoms with E-state index in [9.17, 15) is 4.39 Å². The van der Waals surface area contributed by atoms with Crippen LogP contribution in [0.5, 0.6) is 0 Å². The van der Waals surface area contributed by atoms with Gasteiger partial charge in [0.1, 0.15) is 5.67 Å². The van der Waals surface area contributed by atoms with Crippen LogP contribution in [0.4, 0.5) is 4.39 Å². The maximum absolute atomic E-state index is 14.6. The van der Waals surface area contributed by atoms with Gasteiger partial charge in [0.2, 0.25) is 0 Å². The smallest absolute Gasteiger partial charge is 0.127 e. The molecule has 2 atom stereocenters. The molecule has 0 aromatic carbocycles. The van der Waals surface area contributed by atoms with Crippen molar-refractivity contribution >= 4 is 0 Å². The first-order chi connectivity index (χ1) is 7.23. The molecule has 3 fully saturated rings. The van der Waals surface area contributed by atoms with Crippen molar-refractivity contribution in [2.24, 2.45) is 5.92 Å². The second-order valence-electron chi connectivity index (χ2n) is 5.54. The maximum atomic E-state index is 14.6. The van der Waals surface area contributed by atoms with Gasteiger partial charge in [0.05, 0.1) is 5.60 Å². The molecular weight excluding hydrogens is 193 g/mol. The molecule has 0 bridgehead atoms. The van der Waals surface area contributed by atoms with Gasteiger partial charge in [0, 0.05) is 13.2 Å². The van der Waals surface area contributed by atoms with Crippen molar-refractivity contribution in [2.45, 2.75) is 49.8 Å². The van der Waals surface area contributed by atoms with Crippen molar-refractivity contribution in [2.75, 3.05) is 19.7 Å². The van der Waals surface area contributed by atoms with E-state index < -0.39 is 5.67 Å². The summed E-state index contributed by atoms with van der Waals surface area (Å²) in [5.41, 5.74) is -0.850. The van der Waals surface area contributed by atoms with E-state index in [0.717, 1.165) is 38.8 Å². The third-order valence-electron chi connectivity index (χ3n) is 4.63. The molecule has 2 unspecified atom stereocenters. The highest BCUT2D eigenvalue weighted by molar-refractivity contribution is 5.02. The second-order valence-corrected chi connectivity index (χ2v) is 5.54. The predicted molar refractivity (Wildman–Crippen MR) is 56.6 cm³/mol. The molecule has 1 aliphatic carbocycles. The summed E-state index contributed by atoms with van der Waals surface area (Å²) >= 11 is 0. The molecule has 0 radical (unpaired) electrons. The maximum Gasteiger partial charge on any atom is 0.127 e. The SMILES string of the molecule is FC1(C2CCOC3(CCC3)C2)CCNC1. The largest absolute Gasteiger partial charge is 0.375 e. The van der Waals surface area contributed by atoms with Crippen LogP contribution in [0.3, 0.4) is 0 Å².